The van der Waals surface area contributed by atoms with Crippen LogP contribution in [0.1, 0.15) is 23.1 Å². The fraction of sp³-hybridized carbons (Fsp3) is 0.300. The molecule has 0 N–H and O–H groups in total. The molecule has 25 heavy (non-hydrogen) atoms. The highest BCUT2D eigenvalue weighted by Gasteiger charge is 2.37. The Morgan fingerprint density at radius 1 is 1.12 bits per heavy atom. The highest BCUT2D eigenvalue weighted by Crippen LogP contribution is 2.32. The van der Waals surface area contributed by atoms with Gasteiger partial charge in [-0.3, -0.25) is 9.59 Å². The van der Waals surface area contributed by atoms with Crippen LogP contribution in [0.5, 0.6) is 5.75 Å². The molecule has 1 fully saturated rings. The number of benzene rings is 2. The molecule has 1 aliphatic rings. The van der Waals surface area contributed by atoms with Crippen LogP contribution in [0, 0.1) is 26.7 Å². The van der Waals surface area contributed by atoms with Gasteiger partial charge in [0.1, 0.15) is 5.75 Å². The summed E-state index contributed by atoms with van der Waals surface area (Å²) >= 11 is 6.15. The molecule has 3 rings (SSSR count). The third kappa shape index (κ3) is 3.40. The zero-order valence-electron chi connectivity index (χ0n) is 14.5. The second kappa shape index (κ2) is 6.89. The Balaban J connectivity index is 1.77. The topological polar surface area (TPSA) is 46.6 Å². The Labute approximate surface area is 152 Å². The molecule has 4 nitrogen and oxygen atoms in total. The van der Waals surface area contributed by atoms with Gasteiger partial charge in [0.15, 0.2) is 0 Å². The van der Waals surface area contributed by atoms with Crippen LogP contribution in [0.4, 0.5) is 5.69 Å². The third-order valence-corrected chi connectivity index (χ3v) is 5.16. The molecule has 1 saturated heterocycles. The Kier molecular flexibility index (Phi) is 4.82. The first-order chi connectivity index (χ1) is 11.9. The van der Waals surface area contributed by atoms with E-state index in [-0.39, 0.29) is 18.3 Å². The van der Waals surface area contributed by atoms with Gasteiger partial charge in [0.05, 0.1) is 5.92 Å². The first-order valence-electron chi connectivity index (χ1n) is 8.22. The van der Waals surface area contributed by atoms with E-state index in [1.165, 1.54) is 0 Å². The number of esters is 1. The molecular formula is C20H20ClNO3. The average molecular weight is 358 g/mol. The van der Waals surface area contributed by atoms with E-state index >= 15 is 0 Å². The zero-order chi connectivity index (χ0) is 18.1. The Morgan fingerprint density at radius 2 is 1.84 bits per heavy atom. The molecule has 0 aromatic heterocycles. The lowest BCUT2D eigenvalue weighted by molar-refractivity contribution is -0.139. The van der Waals surface area contributed by atoms with Crippen LogP contribution in [-0.2, 0) is 9.59 Å². The lowest BCUT2D eigenvalue weighted by atomic mass is 10.1. The maximum Gasteiger partial charge on any atom is 0.316 e. The summed E-state index contributed by atoms with van der Waals surface area (Å²) in [6.45, 7) is 6.06. The van der Waals surface area contributed by atoms with E-state index < -0.39 is 5.92 Å². The van der Waals surface area contributed by atoms with Gasteiger partial charge >= 0.3 is 5.97 Å². The van der Waals surface area contributed by atoms with Gasteiger partial charge in [-0.1, -0.05) is 29.8 Å². The molecule has 5 heteroatoms. The number of carbonyl (C=O) groups is 2. The minimum atomic E-state index is -0.481. The number of amides is 1. The van der Waals surface area contributed by atoms with Crippen molar-refractivity contribution in [2.75, 3.05) is 11.4 Å². The fourth-order valence-electron chi connectivity index (χ4n) is 3.01. The van der Waals surface area contributed by atoms with Crippen molar-refractivity contribution in [1.82, 2.24) is 0 Å². The second-order valence-electron chi connectivity index (χ2n) is 6.41. The molecule has 130 valence electrons. The molecule has 0 spiro atoms. The SMILES string of the molecule is Cc1cccc(OC(=O)[C@H]2CC(=O)N(c3cccc(Cl)c3C)C2)c1C. The lowest BCUT2D eigenvalue weighted by Crippen LogP contribution is -2.28. The van der Waals surface area contributed by atoms with E-state index in [4.69, 9.17) is 16.3 Å². The van der Waals surface area contributed by atoms with Crippen molar-refractivity contribution >= 4 is 29.2 Å². The predicted octanol–water partition coefficient (Wildman–Crippen LogP) is 4.22. The molecule has 1 atom stereocenters. The summed E-state index contributed by atoms with van der Waals surface area (Å²) in [5, 5.41) is 0.603. The van der Waals surface area contributed by atoms with Gasteiger partial charge < -0.3 is 9.64 Å². The number of hydrogen-bond donors (Lipinski definition) is 0. The van der Waals surface area contributed by atoms with Crippen molar-refractivity contribution in [3.63, 3.8) is 0 Å². The standard InChI is InChI=1S/C20H20ClNO3/c1-12-6-4-9-18(13(12)2)25-20(24)15-10-19(23)22(11-15)17-8-5-7-16(21)14(17)3/h4-9,15H,10-11H2,1-3H3/t15-/m0/s1. The fourth-order valence-corrected chi connectivity index (χ4v) is 3.18. The smallest absolute Gasteiger partial charge is 0.316 e. The normalized spacial score (nSPS) is 17.0. The van der Waals surface area contributed by atoms with E-state index in [0.717, 1.165) is 22.4 Å². The molecular weight excluding hydrogens is 338 g/mol. The summed E-state index contributed by atoms with van der Waals surface area (Å²) in [4.78, 5) is 26.5. The van der Waals surface area contributed by atoms with E-state index in [1.54, 1.807) is 23.1 Å². The average Bonchev–Trinajstić information content (AvgIpc) is 2.96. The monoisotopic (exact) mass is 357 g/mol. The molecule has 0 radical (unpaired) electrons. The summed E-state index contributed by atoms with van der Waals surface area (Å²) in [6.07, 6.45) is 0.148. The van der Waals surface area contributed by atoms with Crippen molar-refractivity contribution in [2.24, 2.45) is 5.92 Å². The molecule has 0 bridgehead atoms. The molecule has 2 aromatic rings. The summed E-state index contributed by atoms with van der Waals surface area (Å²) in [5.41, 5.74) is 3.58. The first kappa shape index (κ1) is 17.5. The van der Waals surface area contributed by atoms with Crippen molar-refractivity contribution in [3.8, 4) is 5.75 Å². The van der Waals surface area contributed by atoms with Crippen LogP contribution in [-0.4, -0.2) is 18.4 Å². The number of carbonyl (C=O) groups excluding carboxylic acids is 2. The van der Waals surface area contributed by atoms with Crippen molar-refractivity contribution < 1.29 is 14.3 Å². The molecule has 0 aliphatic carbocycles. The Hall–Kier alpha value is -2.33. The molecule has 1 aliphatic heterocycles. The van der Waals surface area contributed by atoms with Gasteiger partial charge in [-0.05, 0) is 55.7 Å². The summed E-state index contributed by atoms with van der Waals surface area (Å²) in [6, 6.07) is 11.0. The lowest BCUT2D eigenvalue weighted by Gasteiger charge is -2.19. The number of halogens is 1. The molecule has 2 aromatic carbocycles. The summed E-state index contributed by atoms with van der Waals surface area (Å²) < 4.78 is 5.55. The summed E-state index contributed by atoms with van der Waals surface area (Å²) in [5.74, 6) is -0.391. The minimum Gasteiger partial charge on any atom is -0.426 e. The number of anilines is 1. The summed E-state index contributed by atoms with van der Waals surface area (Å²) in [7, 11) is 0. The highest BCUT2D eigenvalue weighted by atomic mass is 35.5. The van der Waals surface area contributed by atoms with Crippen molar-refractivity contribution in [3.05, 3.63) is 58.1 Å². The first-order valence-corrected chi connectivity index (χ1v) is 8.59. The number of rotatable bonds is 3. The third-order valence-electron chi connectivity index (χ3n) is 4.75. The minimum absolute atomic E-state index is 0.0896. The second-order valence-corrected chi connectivity index (χ2v) is 6.82. The molecule has 0 unspecified atom stereocenters. The predicted molar refractivity (Wildman–Crippen MR) is 98.2 cm³/mol. The quantitative estimate of drug-likeness (QED) is 0.610. The number of hydrogen-bond acceptors (Lipinski definition) is 3. The maximum atomic E-state index is 12.5. The van der Waals surface area contributed by atoms with Crippen LogP contribution in [0.15, 0.2) is 36.4 Å². The van der Waals surface area contributed by atoms with E-state index in [1.807, 2.05) is 39.0 Å². The molecule has 1 amide bonds. The van der Waals surface area contributed by atoms with Gasteiger partial charge in [-0.25, -0.2) is 0 Å². The van der Waals surface area contributed by atoms with Crippen molar-refractivity contribution in [2.45, 2.75) is 27.2 Å². The maximum absolute atomic E-state index is 12.5. The van der Waals surface area contributed by atoms with Crippen LogP contribution in [0.3, 0.4) is 0 Å². The van der Waals surface area contributed by atoms with E-state index in [0.29, 0.717) is 17.3 Å². The van der Waals surface area contributed by atoms with Gasteiger partial charge in [0.25, 0.3) is 0 Å². The van der Waals surface area contributed by atoms with E-state index in [9.17, 15) is 9.59 Å². The van der Waals surface area contributed by atoms with E-state index in [2.05, 4.69) is 0 Å². The Morgan fingerprint density at radius 3 is 2.60 bits per heavy atom. The molecule has 0 saturated carbocycles. The number of nitrogens with zero attached hydrogens (tertiary/aromatic N) is 1. The van der Waals surface area contributed by atoms with Gasteiger partial charge in [-0.2, -0.15) is 0 Å². The molecule has 1 heterocycles. The van der Waals surface area contributed by atoms with Crippen LogP contribution in [0.25, 0.3) is 0 Å². The van der Waals surface area contributed by atoms with Crippen molar-refractivity contribution in [1.29, 1.82) is 0 Å². The van der Waals surface area contributed by atoms with Crippen LogP contribution < -0.4 is 9.64 Å². The van der Waals surface area contributed by atoms with Crippen LogP contribution in [0.2, 0.25) is 5.02 Å². The Bertz CT molecular complexity index is 847. The van der Waals surface area contributed by atoms with Gasteiger partial charge in [0.2, 0.25) is 5.91 Å². The number of aryl methyl sites for hydroxylation is 1. The highest BCUT2D eigenvalue weighted by molar-refractivity contribution is 6.31. The van der Waals surface area contributed by atoms with Gasteiger partial charge in [-0.15, -0.1) is 0 Å². The van der Waals surface area contributed by atoms with Crippen LogP contribution >= 0.6 is 11.6 Å². The van der Waals surface area contributed by atoms with Gasteiger partial charge in [0, 0.05) is 23.7 Å². The largest absolute Gasteiger partial charge is 0.426 e. The zero-order valence-corrected chi connectivity index (χ0v) is 15.3. The number of ether oxygens (including phenoxy) is 1.